The predicted octanol–water partition coefficient (Wildman–Crippen LogP) is 2.01. The zero-order valence-electron chi connectivity index (χ0n) is 11.9. The van der Waals surface area contributed by atoms with Gasteiger partial charge in [0.2, 0.25) is 5.91 Å². The predicted molar refractivity (Wildman–Crippen MR) is 80.8 cm³/mol. The molecule has 1 aliphatic rings. The van der Waals surface area contributed by atoms with Crippen molar-refractivity contribution >= 4 is 24.0 Å². The molecule has 0 spiro atoms. The largest absolute Gasteiger partial charge is 0.325 e. The summed E-state index contributed by atoms with van der Waals surface area (Å²) in [6.45, 7) is 1.90. The van der Waals surface area contributed by atoms with Crippen molar-refractivity contribution in [3.05, 3.63) is 29.8 Å². The van der Waals surface area contributed by atoms with E-state index >= 15 is 0 Å². The molecule has 1 aliphatic heterocycles. The van der Waals surface area contributed by atoms with Crippen LogP contribution in [0.1, 0.15) is 12.8 Å². The Labute approximate surface area is 129 Å². The van der Waals surface area contributed by atoms with Crippen molar-refractivity contribution in [1.82, 2.24) is 10.2 Å². The fourth-order valence-electron chi connectivity index (χ4n) is 2.46. The van der Waals surface area contributed by atoms with Crippen LogP contribution in [0.15, 0.2) is 18.2 Å². The molecule has 1 heterocycles. The van der Waals surface area contributed by atoms with Crippen LogP contribution in [-0.4, -0.2) is 43.5 Å². The number of piperidine rings is 1. The topological polar surface area (TPSA) is 44.4 Å². The van der Waals surface area contributed by atoms with Crippen LogP contribution in [0.4, 0.5) is 14.5 Å². The lowest BCUT2D eigenvalue weighted by atomic mass is 10.1. The average Bonchev–Trinajstić information content (AvgIpc) is 2.37. The summed E-state index contributed by atoms with van der Waals surface area (Å²) in [7, 11) is 1.91. The molecule has 1 atom stereocenters. The zero-order chi connectivity index (χ0) is 14.5. The summed E-state index contributed by atoms with van der Waals surface area (Å²) in [5.74, 6) is -1.66. The molecule has 0 aromatic heterocycles. The summed E-state index contributed by atoms with van der Waals surface area (Å²) in [5, 5.41) is 5.72. The Morgan fingerprint density at radius 1 is 1.33 bits per heavy atom. The monoisotopic (exact) mass is 319 g/mol. The highest BCUT2D eigenvalue weighted by molar-refractivity contribution is 5.92. The van der Waals surface area contributed by atoms with Gasteiger partial charge in [-0.25, -0.2) is 8.78 Å². The first-order valence-electron chi connectivity index (χ1n) is 6.72. The first-order valence-corrected chi connectivity index (χ1v) is 6.72. The molecule has 0 radical (unpaired) electrons. The van der Waals surface area contributed by atoms with Gasteiger partial charge in [-0.05, 0) is 38.6 Å². The number of carbonyl (C=O) groups is 1. The molecule has 0 bridgehead atoms. The van der Waals surface area contributed by atoms with Gasteiger partial charge in [-0.1, -0.05) is 0 Å². The summed E-state index contributed by atoms with van der Waals surface area (Å²) >= 11 is 0. The van der Waals surface area contributed by atoms with Gasteiger partial charge in [0.1, 0.15) is 11.6 Å². The number of likely N-dealkylation sites (N-methyl/N-ethyl adjacent to an activating group) is 1. The molecule has 1 unspecified atom stereocenters. The number of hydrogen-bond donors (Lipinski definition) is 2. The SMILES string of the molecule is CNC1CCCN(CC(=O)Nc2cc(F)cc(F)c2)C1.Cl. The molecule has 4 nitrogen and oxygen atoms in total. The molecule has 1 fully saturated rings. The number of amides is 1. The van der Waals surface area contributed by atoms with Gasteiger partial charge in [-0.3, -0.25) is 9.69 Å². The molecule has 7 heteroatoms. The summed E-state index contributed by atoms with van der Waals surface area (Å²) in [6, 6.07) is 3.38. The zero-order valence-corrected chi connectivity index (χ0v) is 12.7. The number of nitrogens with one attached hydrogen (secondary N) is 2. The number of anilines is 1. The quantitative estimate of drug-likeness (QED) is 0.892. The fraction of sp³-hybridized carbons (Fsp3) is 0.500. The maximum Gasteiger partial charge on any atom is 0.238 e. The van der Waals surface area contributed by atoms with Crippen LogP contribution < -0.4 is 10.6 Å². The number of carbonyl (C=O) groups excluding carboxylic acids is 1. The summed E-state index contributed by atoms with van der Waals surface area (Å²) < 4.78 is 26.0. The Morgan fingerprint density at radius 2 is 2.00 bits per heavy atom. The highest BCUT2D eigenvalue weighted by Crippen LogP contribution is 2.14. The molecule has 1 aromatic rings. The normalized spacial score (nSPS) is 18.9. The first-order chi connectivity index (χ1) is 9.56. The minimum atomic E-state index is -0.700. The van der Waals surface area contributed by atoms with E-state index in [9.17, 15) is 13.6 Å². The van der Waals surface area contributed by atoms with E-state index in [0.29, 0.717) is 6.04 Å². The molecule has 0 saturated carbocycles. The Morgan fingerprint density at radius 3 is 2.62 bits per heavy atom. The summed E-state index contributed by atoms with van der Waals surface area (Å²) in [5.41, 5.74) is 0.148. The fourth-order valence-corrected chi connectivity index (χ4v) is 2.46. The Balaban J connectivity index is 0.00000220. The molecule has 21 heavy (non-hydrogen) atoms. The number of hydrogen-bond acceptors (Lipinski definition) is 3. The molecule has 2 N–H and O–H groups in total. The van der Waals surface area contributed by atoms with E-state index in [1.165, 1.54) is 0 Å². The number of benzene rings is 1. The van der Waals surface area contributed by atoms with E-state index in [2.05, 4.69) is 10.6 Å². The molecule has 1 amide bonds. The second-order valence-corrected chi connectivity index (χ2v) is 5.07. The molecule has 0 aliphatic carbocycles. The van der Waals surface area contributed by atoms with E-state index in [1.54, 1.807) is 0 Å². The lowest BCUT2D eigenvalue weighted by Crippen LogP contribution is -2.46. The van der Waals surface area contributed by atoms with Gasteiger partial charge in [0.25, 0.3) is 0 Å². The Hall–Kier alpha value is -1.24. The van der Waals surface area contributed by atoms with Crippen LogP contribution in [0, 0.1) is 11.6 Å². The third-order valence-corrected chi connectivity index (χ3v) is 3.43. The number of halogens is 3. The highest BCUT2D eigenvalue weighted by atomic mass is 35.5. The Kier molecular flexibility index (Phi) is 7.01. The molecular weight excluding hydrogens is 300 g/mol. The summed E-state index contributed by atoms with van der Waals surface area (Å²) in [4.78, 5) is 13.9. The van der Waals surface area contributed by atoms with Crippen LogP contribution in [-0.2, 0) is 4.79 Å². The molecule has 2 rings (SSSR count). The van der Waals surface area contributed by atoms with Crippen LogP contribution >= 0.6 is 12.4 Å². The van der Waals surface area contributed by atoms with Gasteiger partial charge in [0, 0.05) is 24.3 Å². The third-order valence-electron chi connectivity index (χ3n) is 3.43. The van der Waals surface area contributed by atoms with Gasteiger partial charge in [0.05, 0.1) is 6.54 Å². The molecule has 1 saturated heterocycles. The number of nitrogens with zero attached hydrogens (tertiary/aromatic N) is 1. The van der Waals surface area contributed by atoms with Gasteiger partial charge >= 0.3 is 0 Å². The van der Waals surface area contributed by atoms with Crippen molar-refractivity contribution in [3.63, 3.8) is 0 Å². The van der Waals surface area contributed by atoms with Gasteiger partial charge in [-0.15, -0.1) is 12.4 Å². The minimum Gasteiger partial charge on any atom is -0.325 e. The second-order valence-electron chi connectivity index (χ2n) is 5.07. The van der Waals surface area contributed by atoms with Crippen LogP contribution in [0.25, 0.3) is 0 Å². The van der Waals surface area contributed by atoms with Gasteiger partial charge in [0.15, 0.2) is 0 Å². The molecular formula is C14H20ClF2N3O. The first kappa shape index (κ1) is 17.8. The van der Waals surface area contributed by atoms with Crippen LogP contribution in [0.5, 0.6) is 0 Å². The van der Waals surface area contributed by atoms with Crippen molar-refractivity contribution in [2.45, 2.75) is 18.9 Å². The van der Waals surface area contributed by atoms with Gasteiger partial charge in [-0.2, -0.15) is 0 Å². The van der Waals surface area contributed by atoms with Crippen molar-refractivity contribution in [2.75, 3.05) is 32.0 Å². The van der Waals surface area contributed by atoms with Gasteiger partial charge < -0.3 is 10.6 Å². The summed E-state index contributed by atoms with van der Waals surface area (Å²) in [6.07, 6.45) is 2.14. The average molecular weight is 320 g/mol. The molecule has 118 valence electrons. The van der Waals surface area contributed by atoms with Crippen molar-refractivity contribution in [1.29, 1.82) is 0 Å². The van der Waals surface area contributed by atoms with E-state index < -0.39 is 11.6 Å². The van der Waals surface area contributed by atoms with E-state index in [4.69, 9.17) is 0 Å². The standard InChI is InChI=1S/C14H19F2N3O.ClH/c1-17-12-3-2-4-19(8-12)9-14(20)18-13-6-10(15)5-11(16)7-13;/h5-7,12,17H,2-4,8-9H2,1H3,(H,18,20);1H. The minimum absolute atomic E-state index is 0. The third kappa shape index (κ3) is 5.57. The smallest absolute Gasteiger partial charge is 0.238 e. The van der Waals surface area contributed by atoms with Crippen LogP contribution in [0.2, 0.25) is 0 Å². The highest BCUT2D eigenvalue weighted by Gasteiger charge is 2.20. The van der Waals surface area contributed by atoms with E-state index in [-0.39, 0.29) is 30.5 Å². The Bertz CT molecular complexity index is 467. The number of rotatable bonds is 4. The van der Waals surface area contributed by atoms with E-state index in [0.717, 1.165) is 44.1 Å². The van der Waals surface area contributed by atoms with Crippen molar-refractivity contribution < 1.29 is 13.6 Å². The van der Waals surface area contributed by atoms with Crippen molar-refractivity contribution in [2.24, 2.45) is 0 Å². The maximum absolute atomic E-state index is 13.0. The lowest BCUT2D eigenvalue weighted by Gasteiger charge is -2.31. The van der Waals surface area contributed by atoms with E-state index in [1.807, 2.05) is 11.9 Å². The number of likely N-dealkylation sites (tertiary alicyclic amines) is 1. The lowest BCUT2D eigenvalue weighted by molar-refractivity contribution is -0.117. The second kappa shape index (κ2) is 8.26. The van der Waals surface area contributed by atoms with Crippen LogP contribution in [0.3, 0.4) is 0 Å². The maximum atomic E-state index is 13.0. The molecule has 1 aromatic carbocycles. The van der Waals surface area contributed by atoms with Crippen molar-refractivity contribution in [3.8, 4) is 0 Å².